The molecule has 0 aliphatic carbocycles. The number of aromatic nitrogens is 3. The lowest BCUT2D eigenvalue weighted by Gasteiger charge is -2.11. The SMILES string of the molecule is CCn1c(CCC(=O)Nc2nc(C(F)(F)F)cs2)nc2cc(S(=O)(=O)N(C)C)ccc21. The molecule has 0 fully saturated rings. The summed E-state index contributed by atoms with van der Waals surface area (Å²) in [5.74, 6) is 0.0795. The van der Waals surface area contributed by atoms with Gasteiger partial charge >= 0.3 is 6.18 Å². The van der Waals surface area contributed by atoms with Gasteiger partial charge in [-0.15, -0.1) is 11.3 Å². The van der Waals surface area contributed by atoms with Crippen LogP contribution in [0.15, 0.2) is 28.5 Å². The van der Waals surface area contributed by atoms with Crippen molar-refractivity contribution < 1.29 is 26.4 Å². The number of rotatable bonds is 7. The van der Waals surface area contributed by atoms with E-state index in [-0.39, 0.29) is 22.9 Å². The standard InChI is InChI=1S/C18H20F3N5O3S2/c1-4-26-13-6-5-11(31(28,29)25(2)3)9-12(13)22-15(26)7-8-16(27)24-17-23-14(10-30-17)18(19,20)21/h5-6,9-10H,4,7-8H2,1-3H3,(H,23,24,27). The average molecular weight is 476 g/mol. The van der Waals surface area contributed by atoms with Gasteiger partial charge in [0.15, 0.2) is 10.8 Å². The Morgan fingerprint density at radius 3 is 2.55 bits per heavy atom. The van der Waals surface area contributed by atoms with Crippen LogP contribution in [-0.2, 0) is 34.0 Å². The number of carbonyl (C=O) groups excluding carboxylic acids is 1. The van der Waals surface area contributed by atoms with Crippen LogP contribution in [0.2, 0.25) is 0 Å². The van der Waals surface area contributed by atoms with Crippen LogP contribution in [0.3, 0.4) is 0 Å². The van der Waals surface area contributed by atoms with Gasteiger partial charge in [0.25, 0.3) is 0 Å². The lowest BCUT2D eigenvalue weighted by molar-refractivity contribution is -0.140. The summed E-state index contributed by atoms with van der Waals surface area (Å²) in [5.41, 5.74) is 0.157. The fourth-order valence-electron chi connectivity index (χ4n) is 2.94. The molecule has 0 radical (unpaired) electrons. The van der Waals surface area contributed by atoms with E-state index in [1.807, 2.05) is 11.5 Å². The van der Waals surface area contributed by atoms with Crippen LogP contribution in [0.4, 0.5) is 18.3 Å². The summed E-state index contributed by atoms with van der Waals surface area (Å²) in [6.45, 7) is 2.44. The van der Waals surface area contributed by atoms with Crippen molar-refractivity contribution in [2.24, 2.45) is 0 Å². The molecule has 1 N–H and O–H groups in total. The Hall–Kier alpha value is -2.51. The fourth-order valence-corrected chi connectivity index (χ4v) is 4.60. The van der Waals surface area contributed by atoms with E-state index in [1.54, 1.807) is 6.07 Å². The zero-order chi connectivity index (χ0) is 23.0. The highest BCUT2D eigenvalue weighted by Gasteiger charge is 2.33. The second kappa shape index (κ2) is 8.55. The summed E-state index contributed by atoms with van der Waals surface area (Å²) in [6, 6.07) is 4.65. The minimum atomic E-state index is -4.57. The first-order chi connectivity index (χ1) is 14.4. The number of hydrogen-bond acceptors (Lipinski definition) is 6. The van der Waals surface area contributed by atoms with Crippen molar-refractivity contribution in [1.29, 1.82) is 0 Å². The van der Waals surface area contributed by atoms with Gasteiger partial charge in [-0.1, -0.05) is 0 Å². The maximum Gasteiger partial charge on any atom is 0.434 e. The van der Waals surface area contributed by atoms with Gasteiger partial charge in [-0.05, 0) is 25.1 Å². The lowest BCUT2D eigenvalue weighted by Crippen LogP contribution is -2.22. The monoisotopic (exact) mass is 475 g/mol. The number of hydrogen-bond donors (Lipinski definition) is 1. The van der Waals surface area contributed by atoms with Crippen LogP contribution in [0.25, 0.3) is 11.0 Å². The number of fused-ring (bicyclic) bond motifs is 1. The van der Waals surface area contributed by atoms with Crippen LogP contribution >= 0.6 is 11.3 Å². The van der Waals surface area contributed by atoms with Crippen molar-refractivity contribution in [3.8, 4) is 0 Å². The summed E-state index contributed by atoms with van der Waals surface area (Å²) in [7, 11) is -0.736. The van der Waals surface area contributed by atoms with Crippen molar-refractivity contribution in [3.05, 3.63) is 35.1 Å². The van der Waals surface area contributed by atoms with Crippen LogP contribution in [0, 0.1) is 0 Å². The number of thiazole rings is 1. The van der Waals surface area contributed by atoms with Crippen molar-refractivity contribution in [1.82, 2.24) is 18.8 Å². The number of sulfonamides is 1. The van der Waals surface area contributed by atoms with Gasteiger partial charge in [0.1, 0.15) is 5.82 Å². The maximum atomic E-state index is 12.6. The van der Waals surface area contributed by atoms with E-state index in [0.29, 0.717) is 29.2 Å². The number of amides is 1. The molecular formula is C18H20F3N5O3S2. The molecule has 2 aromatic heterocycles. The van der Waals surface area contributed by atoms with Gasteiger partial charge in [0.2, 0.25) is 15.9 Å². The van der Waals surface area contributed by atoms with Crippen LogP contribution in [0.5, 0.6) is 0 Å². The molecule has 2 heterocycles. The number of imidazole rings is 1. The van der Waals surface area contributed by atoms with Crippen molar-refractivity contribution in [3.63, 3.8) is 0 Å². The Labute approximate surface area is 180 Å². The van der Waals surface area contributed by atoms with E-state index in [2.05, 4.69) is 15.3 Å². The number of anilines is 1. The number of nitrogens with zero attached hydrogens (tertiary/aromatic N) is 4. The molecule has 3 rings (SSSR count). The molecule has 0 saturated heterocycles. The zero-order valence-corrected chi connectivity index (χ0v) is 18.5. The number of benzene rings is 1. The molecule has 0 saturated carbocycles. The summed E-state index contributed by atoms with van der Waals surface area (Å²) in [4.78, 5) is 20.1. The molecule has 0 spiro atoms. The van der Waals surface area contributed by atoms with Gasteiger partial charge in [-0.2, -0.15) is 13.2 Å². The van der Waals surface area contributed by atoms with Crippen LogP contribution < -0.4 is 5.32 Å². The van der Waals surface area contributed by atoms with Crippen molar-refractivity contribution in [2.75, 3.05) is 19.4 Å². The zero-order valence-electron chi connectivity index (χ0n) is 16.9. The topological polar surface area (TPSA) is 97.2 Å². The molecule has 13 heteroatoms. The van der Waals surface area contributed by atoms with Crippen LogP contribution in [-0.4, -0.2) is 47.3 Å². The minimum absolute atomic E-state index is 0.0207. The van der Waals surface area contributed by atoms with Gasteiger partial charge < -0.3 is 9.88 Å². The minimum Gasteiger partial charge on any atom is -0.328 e. The third kappa shape index (κ3) is 4.88. The van der Waals surface area contributed by atoms with Crippen molar-refractivity contribution in [2.45, 2.75) is 37.4 Å². The Morgan fingerprint density at radius 2 is 1.97 bits per heavy atom. The highest BCUT2D eigenvalue weighted by atomic mass is 32.2. The van der Waals surface area contributed by atoms with Crippen molar-refractivity contribution >= 4 is 43.4 Å². The molecule has 8 nitrogen and oxygen atoms in total. The number of carbonyl (C=O) groups is 1. The van der Waals surface area contributed by atoms with Gasteiger partial charge in [0.05, 0.1) is 15.9 Å². The van der Waals surface area contributed by atoms with E-state index >= 15 is 0 Å². The summed E-state index contributed by atoms with van der Waals surface area (Å²) in [5, 5.41) is 3.08. The summed E-state index contributed by atoms with van der Waals surface area (Å²) in [6.07, 6.45) is -4.36. The molecule has 0 aliphatic rings. The number of nitrogens with one attached hydrogen (secondary N) is 1. The van der Waals surface area contributed by atoms with E-state index in [0.717, 1.165) is 15.2 Å². The predicted octanol–water partition coefficient (Wildman–Crippen LogP) is 3.35. The van der Waals surface area contributed by atoms with Gasteiger partial charge in [-0.25, -0.2) is 22.7 Å². The molecule has 1 amide bonds. The average Bonchev–Trinajstić information content (AvgIpc) is 3.29. The molecule has 1 aromatic carbocycles. The molecule has 0 bridgehead atoms. The number of halogens is 3. The molecule has 0 aliphatic heterocycles. The largest absolute Gasteiger partial charge is 0.434 e. The highest BCUT2D eigenvalue weighted by Crippen LogP contribution is 2.31. The second-order valence-electron chi connectivity index (χ2n) is 6.79. The number of alkyl halides is 3. The predicted molar refractivity (Wildman–Crippen MR) is 110 cm³/mol. The first-order valence-electron chi connectivity index (χ1n) is 9.17. The molecule has 31 heavy (non-hydrogen) atoms. The quantitative estimate of drug-likeness (QED) is 0.565. The molecule has 3 aromatic rings. The van der Waals surface area contributed by atoms with E-state index in [1.165, 1.54) is 26.2 Å². The smallest absolute Gasteiger partial charge is 0.328 e. The Kier molecular flexibility index (Phi) is 6.39. The molecule has 0 unspecified atom stereocenters. The first kappa shape index (κ1) is 23.2. The third-order valence-electron chi connectivity index (χ3n) is 4.51. The maximum absolute atomic E-state index is 12.6. The van der Waals surface area contributed by atoms with E-state index in [9.17, 15) is 26.4 Å². The second-order valence-corrected chi connectivity index (χ2v) is 9.80. The molecular weight excluding hydrogens is 455 g/mol. The van der Waals surface area contributed by atoms with Crippen LogP contribution in [0.1, 0.15) is 24.9 Å². The highest BCUT2D eigenvalue weighted by molar-refractivity contribution is 7.89. The van der Waals surface area contributed by atoms with E-state index in [4.69, 9.17) is 0 Å². The molecule has 168 valence electrons. The first-order valence-corrected chi connectivity index (χ1v) is 11.5. The van der Waals surface area contributed by atoms with Gasteiger partial charge in [-0.3, -0.25) is 4.79 Å². The molecule has 0 atom stereocenters. The Balaban J connectivity index is 1.76. The van der Waals surface area contributed by atoms with E-state index < -0.39 is 27.8 Å². The summed E-state index contributed by atoms with van der Waals surface area (Å²) < 4.78 is 65.5. The summed E-state index contributed by atoms with van der Waals surface area (Å²) >= 11 is 0.699. The normalized spacial score (nSPS) is 12.6. The fraction of sp³-hybridized carbons (Fsp3) is 0.389. The lowest BCUT2D eigenvalue weighted by atomic mass is 10.3. The Bertz CT molecular complexity index is 1220. The number of aryl methyl sites for hydroxylation is 2. The van der Waals surface area contributed by atoms with Gasteiger partial charge in [0, 0.05) is 38.9 Å². The Morgan fingerprint density at radius 1 is 1.26 bits per heavy atom. The third-order valence-corrected chi connectivity index (χ3v) is 7.08.